The number of nitrogens with two attached hydrogens (primary N) is 1. The van der Waals surface area contributed by atoms with Crippen LogP contribution in [0.25, 0.3) is 0 Å². The van der Waals surface area contributed by atoms with Crippen molar-refractivity contribution in [1.82, 2.24) is 4.90 Å². The van der Waals surface area contributed by atoms with E-state index in [1.54, 1.807) is 0 Å². The number of anilines is 1. The van der Waals surface area contributed by atoms with Crippen molar-refractivity contribution in [3.05, 3.63) is 62.1 Å². The Bertz CT molecular complexity index is 1070. The number of hydrogen-bond acceptors (Lipinski definition) is 8. The molecule has 0 fully saturated rings. The fraction of sp³-hybridized carbons (Fsp3) is 0.286. The average molecular weight is 513 g/mol. The molecule has 2 rings (SSSR count). The van der Waals surface area contributed by atoms with E-state index in [4.69, 9.17) is 38.4 Å². The zero-order chi connectivity index (χ0) is 25.3. The van der Waals surface area contributed by atoms with Gasteiger partial charge in [-0.3, -0.25) is 24.6 Å². The second-order valence-corrected chi connectivity index (χ2v) is 7.81. The minimum Gasteiger partial charge on any atom is -0.444 e. The molecule has 13 heteroatoms. The summed E-state index contributed by atoms with van der Waals surface area (Å²) in [6.45, 7) is 0.677. The van der Waals surface area contributed by atoms with E-state index in [1.807, 2.05) is 0 Å². The third kappa shape index (κ3) is 7.30. The van der Waals surface area contributed by atoms with E-state index in [9.17, 15) is 24.5 Å². The number of nitro groups is 1. The summed E-state index contributed by atoms with van der Waals surface area (Å²) in [4.78, 5) is 47.7. The fourth-order valence-electron chi connectivity index (χ4n) is 2.84. The predicted octanol–water partition coefficient (Wildman–Crippen LogP) is 4.21. The first-order chi connectivity index (χ1) is 16.2. The molecule has 2 aromatic carbocycles. The molecule has 0 aliphatic rings. The molecule has 0 heterocycles. The third-order valence-corrected chi connectivity index (χ3v) is 5.18. The largest absolute Gasteiger partial charge is 0.444 e. The minimum atomic E-state index is -0.889. The maximum atomic E-state index is 12.9. The molecule has 0 aliphatic heterocycles. The molecular weight excluding hydrogens is 491 g/mol. The van der Waals surface area contributed by atoms with Gasteiger partial charge in [-0.2, -0.15) is 0 Å². The van der Waals surface area contributed by atoms with E-state index >= 15 is 0 Å². The van der Waals surface area contributed by atoms with Gasteiger partial charge in [0, 0.05) is 30.6 Å². The molecule has 1 unspecified atom stereocenters. The van der Waals surface area contributed by atoms with Crippen LogP contribution in [0.3, 0.4) is 0 Å². The Labute approximate surface area is 204 Å². The summed E-state index contributed by atoms with van der Waals surface area (Å²) in [5.74, 6) is -0.851. The lowest BCUT2D eigenvalue weighted by atomic mass is 10.1. The van der Waals surface area contributed by atoms with Gasteiger partial charge in [0.1, 0.15) is 5.75 Å². The predicted molar refractivity (Wildman–Crippen MR) is 125 cm³/mol. The number of rotatable bonds is 11. The minimum absolute atomic E-state index is 0.0609. The number of non-ortho nitro benzene ring substituents is 1. The average Bonchev–Trinajstić information content (AvgIpc) is 2.80. The lowest BCUT2D eigenvalue weighted by molar-refractivity contribution is -0.384. The Balaban J connectivity index is 2.22. The van der Waals surface area contributed by atoms with Crippen molar-refractivity contribution in [3.63, 3.8) is 0 Å². The van der Waals surface area contributed by atoms with E-state index in [1.165, 1.54) is 37.4 Å². The summed E-state index contributed by atoms with van der Waals surface area (Å²) >= 11 is 12.0. The fourth-order valence-corrected chi connectivity index (χ4v) is 3.24. The van der Waals surface area contributed by atoms with Gasteiger partial charge in [-0.25, -0.2) is 4.79 Å². The van der Waals surface area contributed by atoms with Crippen LogP contribution in [0.2, 0.25) is 10.0 Å². The van der Waals surface area contributed by atoms with E-state index < -0.39 is 23.2 Å². The van der Waals surface area contributed by atoms with Crippen LogP contribution < -0.4 is 15.8 Å². The quantitative estimate of drug-likeness (QED) is 0.149. The zero-order valence-corrected chi connectivity index (χ0v) is 19.5. The van der Waals surface area contributed by atoms with Gasteiger partial charge in [0.05, 0.1) is 21.2 Å². The maximum absolute atomic E-state index is 12.9. The van der Waals surface area contributed by atoms with Crippen molar-refractivity contribution < 1.29 is 28.8 Å². The molecule has 11 nitrogen and oxygen atoms in total. The Morgan fingerprint density at radius 1 is 1.24 bits per heavy atom. The maximum Gasteiger partial charge on any atom is 0.417 e. The standard InChI is InChI=1S/C21H22Cl2N4O7/c1-26(19(33-12-28)4-2-3-9-24)21(30)34-18-8-5-13(22)10-15(18)20(29)25-17-7-6-14(27(31)32)11-16(17)23/h5-8,10-12,19H,2-4,9,24H2,1H3,(H,25,29). The highest BCUT2D eigenvalue weighted by Crippen LogP contribution is 2.29. The molecular formula is C21H22Cl2N4O7. The molecule has 0 radical (unpaired) electrons. The highest BCUT2D eigenvalue weighted by atomic mass is 35.5. The van der Waals surface area contributed by atoms with Crippen molar-refractivity contribution in [3.8, 4) is 5.75 Å². The third-order valence-electron chi connectivity index (χ3n) is 4.63. The van der Waals surface area contributed by atoms with Crippen LogP contribution in [0.15, 0.2) is 36.4 Å². The number of hydrogen-bond donors (Lipinski definition) is 2. The molecule has 1 atom stereocenters. The second-order valence-electron chi connectivity index (χ2n) is 6.97. The van der Waals surface area contributed by atoms with Crippen molar-refractivity contribution in [2.45, 2.75) is 25.5 Å². The number of nitro benzene ring substituents is 1. The van der Waals surface area contributed by atoms with Gasteiger partial charge in [-0.05, 0) is 43.7 Å². The van der Waals surface area contributed by atoms with Crippen molar-refractivity contribution in [2.75, 3.05) is 18.9 Å². The molecule has 0 bridgehead atoms. The highest BCUT2D eigenvalue weighted by Gasteiger charge is 2.25. The Morgan fingerprint density at radius 2 is 1.97 bits per heavy atom. The Kier molecular flexibility index (Phi) is 10.0. The first-order valence-corrected chi connectivity index (χ1v) is 10.7. The van der Waals surface area contributed by atoms with Crippen LogP contribution in [0.1, 0.15) is 29.6 Å². The zero-order valence-electron chi connectivity index (χ0n) is 18.0. The van der Waals surface area contributed by atoms with Gasteiger partial charge in [0.25, 0.3) is 18.1 Å². The number of unbranched alkanes of at least 4 members (excludes halogenated alkanes) is 1. The first kappa shape index (κ1) is 26.8. The van der Waals surface area contributed by atoms with Crippen molar-refractivity contribution in [1.29, 1.82) is 0 Å². The smallest absolute Gasteiger partial charge is 0.417 e. The van der Waals surface area contributed by atoms with Crippen molar-refractivity contribution in [2.24, 2.45) is 5.73 Å². The summed E-state index contributed by atoms with van der Waals surface area (Å²) < 4.78 is 10.3. The van der Waals surface area contributed by atoms with Gasteiger partial charge in [0.15, 0.2) is 6.23 Å². The number of amides is 2. The summed E-state index contributed by atoms with van der Waals surface area (Å²) in [7, 11) is 1.38. The van der Waals surface area contributed by atoms with Crippen LogP contribution in [0.5, 0.6) is 5.75 Å². The molecule has 182 valence electrons. The van der Waals surface area contributed by atoms with E-state index in [0.29, 0.717) is 25.8 Å². The molecule has 0 aliphatic carbocycles. The molecule has 0 saturated carbocycles. The van der Waals surface area contributed by atoms with E-state index in [0.717, 1.165) is 11.0 Å². The molecule has 34 heavy (non-hydrogen) atoms. The van der Waals surface area contributed by atoms with Gasteiger partial charge < -0.3 is 20.5 Å². The molecule has 2 aromatic rings. The number of carbonyl (C=O) groups is 3. The molecule has 0 spiro atoms. The van der Waals surface area contributed by atoms with Crippen LogP contribution in [-0.2, 0) is 9.53 Å². The van der Waals surface area contributed by atoms with E-state index in [2.05, 4.69) is 5.32 Å². The number of carbonyl (C=O) groups excluding carboxylic acids is 3. The summed E-state index contributed by atoms with van der Waals surface area (Å²) in [5.41, 5.74) is 5.22. The van der Waals surface area contributed by atoms with Gasteiger partial charge in [-0.15, -0.1) is 0 Å². The lowest BCUT2D eigenvalue weighted by Crippen LogP contribution is -2.40. The highest BCUT2D eigenvalue weighted by molar-refractivity contribution is 6.34. The summed E-state index contributed by atoms with van der Waals surface area (Å²) in [6.07, 6.45) is -0.149. The Hall–Kier alpha value is -3.41. The first-order valence-electron chi connectivity index (χ1n) is 9.96. The van der Waals surface area contributed by atoms with Crippen LogP contribution >= 0.6 is 23.2 Å². The van der Waals surface area contributed by atoms with Gasteiger partial charge in [-0.1, -0.05) is 23.2 Å². The summed E-state index contributed by atoms with van der Waals surface area (Å²) in [5, 5.41) is 13.5. The van der Waals surface area contributed by atoms with Gasteiger partial charge in [0.2, 0.25) is 0 Å². The van der Waals surface area contributed by atoms with Crippen LogP contribution in [0, 0.1) is 10.1 Å². The topological polar surface area (TPSA) is 154 Å². The SMILES string of the molecule is CN(C(=O)Oc1ccc(Cl)cc1C(=O)Nc1ccc([N+](=O)[O-])cc1Cl)C(CCCCN)OC=O. The summed E-state index contributed by atoms with van der Waals surface area (Å²) in [6, 6.07) is 7.55. The molecule has 2 amide bonds. The van der Waals surface area contributed by atoms with Crippen molar-refractivity contribution >= 4 is 53.0 Å². The number of nitrogens with one attached hydrogen (secondary N) is 1. The number of halogens is 2. The normalized spacial score (nSPS) is 11.3. The second kappa shape index (κ2) is 12.7. The molecule has 3 N–H and O–H groups in total. The number of ether oxygens (including phenoxy) is 2. The van der Waals surface area contributed by atoms with Crippen LogP contribution in [-0.4, -0.2) is 48.1 Å². The van der Waals surface area contributed by atoms with Crippen LogP contribution in [0.4, 0.5) is 16.2 Å². The van der Waals surface area contributed by atoms with E-state index in [-0.39, 0.29) is 39.2 Å². The lowest BCUT2D eigenvalue weighted by Gasteiger charge is -2.26. The molecule has 0 saturated heterocycles. The number of nitrogens with zero attached hydrogens (tertiary/aromatic N) is 2. The molecule has 0 aromatic heterocycles. The monoisotopic (exact) mass is 512 g/mol. The van der Waals surface area contributed by atoms with Gasteiger partial charge >= 0.3 is 6.09 Å². The Morgan fingerprint density at radius 3 is 2.59 bits per heavy atom. The number of benzene rings is 2.